The summed E-state index contributed by atoms with van der Waals surface area (Å²) in [4.78, 5) is 26.4. The third kappa shape index (κ3) is 2.31. The van der Waals surface area contributed by atoms with E-state index in [0.29, 0.717) is 5.69 Å². The topological polar surface area (TPSA) is 65.5 Å². The number of ether oxygens (including phenoxy) is 2. The molecule has 5 nitrogen and oxygen atoms in total. The average Bonchev–Trinajstić information content (AvgIpc) is 2.27. The van der Waals surface area contributed by atoms with E-state index in [1.807, 2.05) is 0 Å². The van der Waals surface area contributed by atoms with Gasteiger partial charge in [-0.3, -0.25) is 4.98 Å². The number of nitrogens with zero attached hydrogens (tertiary/aromatic N) is 1. The summed E-state index contributed by atoms with van der Waals surface area (Å²) in [5.74, 6) is -1.06. The number of hydrogen-bond acceptors (Lipinski definition) is 5. The number of esters is 2. The predicted octanol–water partition coefficient (Wildman–Crippen LogP) is 0.963. The summed E-state index contributed by atoms with van der Waals surface area (Å²) < 4.78 is 9.07. The molecule has 1 aromatic rings. The molecule has 0 aliphatic carbocycles. The Labute approximate surface area is 87.0 Å². The van der Waals surface area contributed by atoms with Crippen LogP contribution in [0.3, 0.4) is 0 Å². The second-order valence-corrected chi connectivity index (χ2v) is 2.84. The molecule has 5 heteroatoms. The highest BCUT2D eigenvalue weighted by Crippen LogP contribution is 2.10. The molecule has 0 fully saturated rings. The molecule has 0 saturated heterocycles. The second kappa shape index (κ2) is 4.54. The van der Waals surface area contributed by atoms with Crippen molar-refractivity contribution in [2.45, 2.75) is 6.92 Å². The van der Waals surface area contributed by atoms with Crippen molar-refractivity contribution in [3.63, 3.8) is 0 Å². The Morgan fingerprint density at radius 3 is 2.33 bits per heavy atom. The summed E-state index contributed by atoms with van der Waals surface area (Å²) in [6, 6.07) is 1.40. The molecule has 0 atom stereocenters. The smallest absolute Gasteiger partial charge is 0.339 e. The quantitative estimate of drug-likeness (QED) is 0.679. The fourth-order valence-corrected chi connectivity index (χ4v) is 1.08. The lowest BCUT2D eigenvalue weighted by molar-refractivity contribution is 0.0597. The molecule has 0 amide bonds. The summed E-state index contributed by atoms with van der Waals surface area (Å²) in [6.45, 7) is 1.66. The van der Waals surface area contributed by atoms with Gasteiger partial charge in [0.25, 0.3) is 0 Å². The zero-order chi connectivity index (χ0) is 11.4. The molecule has 0 aromatic carbocycles. The zero-order valence-corrected chi connectivity index (χ0v) is 8.73. The molecule has 0 spiro atoms. The molecule has 0 N–H and O–H groups in total. The van der Waals surface area contributed by atoms with Gasteiger partial charge in [0, 0.05) is 6.20 Å². The Kier molecular flexibility index (Phi) is 3.38. The van der Waals surface area contributed by atoms with Gasteiger partial charge in [-0.15, -0.1) is 0 Å². The number of carbonyl (C=O) groups excluding carboxylic acids is 2. The van der Waals surface area contributed by atoms with E-state index in [-0.39, 0.29) is 11.1 Å². The molecular formula is C10H11NO4. The molecule has 0 bridgehead atoms. The fraction of sp³-hybridized carbons (Fsp3) is 0.300. The normalized spacial score (nSPS) is 9.53. The first kappa shape index (κ1) is 11.2. The number of hydrogen-bond donors (Lipinski definition) is 0. The van der Waals surface area contributed by atoms with Gasteiger partial charge in [-0.05, 0) is 13.0 Å². The van der Waals surface area contributed by atoms with Crippen LogP contribution < -0.4 is 0 Å². The van der Waals surface area contributed by atoms with Crippen LogP contribution >= 0.6 is 0 Å². The monoisotopic (exact) mass is 209 g/mol. The minimum absolute atomic E-state index is 0.225. The molecule has 1 rings (SSSR count). The maximum absolute atomic E-state index is 11.3. The van der Waals surface area contributed by atoms with Gasteiger partial charge in [0.15, 0.2) is 0 Å². The van der Waals surface area contributed by atoms with Gasteiger partial charge in [0.1, 0.15) is 0 Å². The van der Waals surface area contributed by atoms with Gasteiger partial charge in [0.05, 0.1) is 31.0 Å². The number of methoxy groups -OCH3 is 2. The number of rotatable bonds is 2. The lowest BCUT2D eigenvalue weighted by Crippen LogP contribution is -2.09. The van der Waals surface area contributed by atoms with Gasteiger partial charge < -0.3 is 9.47 Å². The Balaban J connectivity index is 3.16. The molecule has 0 aliphatic rings. The zero-order valence-electron chi connectivity index (χ0n) is 8.73. The van der Waals surface area contributed by atoms with Gasteiger partial charge in [-0.25, -0.2) is 9.59 Å². The molecule has 1 heterocycles. The first-order valence-electron chi connectivity index (χ1n) is 4.23. The Morgan fingerprint density at radius 1 is 1.20 bits per heavy atom. The van der Waals surface area contributed by atoms with Crippen molar-refractivity contribution in [2.24, 2.45) is 0 Å². The summed E-state index contributed by atoms with van der Waals surface area (Å²) in [5, 5.41) is 0. The molecule has 1 aromatic heterocycles. The maximum atomic E-state index is 11.3. The molecule has 0 unspecified atom stereocenters. The molecule has 0 radical (unpaired) electrons. The van der Waals surface area contributed by atoms with Gasteiger partial charge in [0.2, 0.25) is 0 Å². The fourth-order valence-electron chi connectivity index (χ4n) is 1.08. The van der Waals surface area contributed by atoms with Gasteiger partial charge in [-0.2, -0.15) is 0 Å². The van der Waals surface area contributed by atoms with Crippen molar-refractivity contribution in [2.75, 3.05) is 14.2 Å². The van der Waals surface area contributed by atoms with E-state index in [9.17, 15) is 9.59 Å². The van der Waals surface area contributed by atoms with E-state index in [2.05, 4.69) is 14.5 Å². The summed E-state index contributed by atoms with van der Waals surface area (Å²) in [7, 11) is 2.53. The van der Waals surface area contributed by atoms with E-state index >= 15 is 0 Å². The predicted molar refractivity (Wildman–Crippen MR) is 51.7 cm³/mol. The molecule has 0 aliphatic heterocycles. The van der Waals surface area contributed by atoms with Crippen LogP contribution in [-0.4, -0.2) is 31.1 Å². The number of aromatic nitrogens is 1. The van der Waals surface area contributed by atoms with Crippen LogP contribution in [0, 0.1) is 6.92 Å². The third-order valence-corrected chi connectivity index (χ3v) is 1.91. The minimum atomic E-state index is -0.535. The van der Waals surface area contributed by atoms with Crippen molar-refractivity contribution in [3.8, 4) is 0 Å². The first-order valence-corrected chi connectivity index (χ1v) is 4.23. The molecule has 15 heavy (non-hydrogen) atoms. The summed E-state index contributed by atoms with van der Waals surface area (Å²) in [6.07, 6.45) is 1.35. The SMILES string of the molecule is COC(=O)c1cnc(C)c(C(=O)OC)c1. The average molecular weight is 209 g/mol. The molecular weight excluding hydrogens is 198 g/mol. The standard InChI is InChI=1S/C10H11NO4/c1-6-8(10(13)15-3)4-7(5-11-6)9(12)14-2/h4-5H,1-3H3. The lowest BCUT2D eigenvalue weighted by atomic mass is 10.1. The Hall–Kier alpha value is -1.91. The van der Waals surface area contributed by atoms with Crippen LogP contribution in [-0.2, 0) is 9.47 Å². The van der Waals surface area contributed by atoms with Crippen LogP contribution in [0.5, 0.6) is 0 Å². The maximum Gasteiger partial charge on any atom is 0.339 e. The van der Waals surface area contributed by atoms with Crippen molar-refractivity contribution in [3.05, 3.63) is 29.1 Å². The van der Waals surface area contributed by atoms with E-state index in [4.69, 9.17) is 0 Å². The van der Waals surface area contributed by atoms with Crippen LogP contribution in [0.1, 0.15) is 26.4 Å². The third-order valence-electron chi connectivity index (χ3n) is 1.91. The Bertz CT molecular complexity index is 400. The van der Waals surface area contributed by atoms with Crippen molar-refractivity contribution < 1.29 is 19.1 Å². The lowest BCUT2D eigenvalue weighted by Gasteiger charge is -2.04. The van der Waals surface area contributed by atoms with E-state index < -0.39 is 11.9 Å². The van der Waals surface area contributed by atoms with Crippen LogP contribution in [0.25, 0.3) is 0 Å². The molecule has 0 saturated carbocycles. The minimum Gasteiger partial charge on any atom is -0.465 e. The largest absolute Gasteiger partial charge is 0.465 e. The van der Waals surface area contributed by atoms with E-state index in [1.54, 1.807) is 6.92 Å². The number of aryl methyl sites for hydroxylation is 1. The number of pyridine rings is 1. The Morgan fingerprint density at radius 2 is 1.80 bits per heavy atom. The highest BCUT2D eigenvalue weighted by Gasteiger charge is 2.14. The van der Waals surface area contributed by atoms with Crippen LogP contribution in [0.15, 0.2) is 12.3 Å². The highest BCUT2D eigenvalue weighted by atomic mass is 16.5. The van der Waals surface area contributed by atoms with Gasteiger partial charge in [-0.1, -0.05) is 0 Å². The van der Waals surface area contributed by atoms with E-state index in [0.717, 1.165) is 0 Å². The second-order valence-electron chi connectivity index (χ2n) is 2.84. The van der Waals surface area contributed by atoms with Crippen molar-refractivity contribution >= 4 is 11.9 Å². The van der Waals surface area contributed by atoms with Crippen molar-refractivity contribution in [1.82, 2.24) is 4.98 Å². The van der Waals surface area contributed by atoms with E-state index in [1.165, 1.54) is 26.5 Å². The van der Waals surface area contributed by atoms with Crippen LogP contribution in [0.4, 0.5) is 0 Å². The summed E-state index contributed by atoms with van der Waals surface area (Å²) >= 11 is 0. The van der Waals surface area contributed by atoms with Crippen LogP contribution in [0.2, 0.25) is 0 Å². The highest BCUT2D eigenvalue weighted by molar-refractivity contribution is 5.95. The summed E-state index contributed by atoms with van der Waals surface area (Å²) in [5.41, 5.74) is 0.999. The number of carbonyl (C=O) groups is 2. The molecule has 80 valence electrons. The first-order chi connectivity index (χ1) is 7.10. The van der Waals surface area contributed by atoms with Crippen molar-refractivity contribution in [1.29, 1.82) is 0 Å². The van der Waals surface area contributed by atoms with Gasteiger partial charge >= 0.3 is 11.9 Å².